The molecule has 0 N–H and O–H groups in total. The molecule has 1 aliphatic carbocycles. The quantitative estimate of drug-likeness (QED) is 0.790. The van der Waals surface area contributed by atoms with Crippen LogP contribution in [0, 0.1) is 5.92 Å². The molecular formula is C15H25N5O2S. The smallest absolute Gasteiger partial charge is 0.282 e. The molecule has 0 radical (unpaired) electrons. The minimum atomic E-state index is -3.26. The van der Waals surface area contributed by atoms with Gasteiger partial charge in [0.2, 0.25) is 0 Å². The van der Waals surface area contributed by atoms with Gasteiger partial charge in [0, 0.05) is 58.6 Å². The molecule has 128 valence electrons. The van der Waals surface area contributed by atoms with E-state index in [-0.39, 0.29) is 6.04 Å². The summed E-state index contributed by atoms with van der Waals surface area (Å²) in [6.07, 6.45) is 5.12. The Morgan fingerprint density at radius 2 is 2.00 bits per heavy atom. The van der Waals surface area contributed by atoms with Crippen LogP contribution in [0.3, 0.4) is 0 Å². The van der Waals surface area contributed by atoms with Gasteiger partial charge in [-0.15, -0.1) is 0 Å². The molecule has 23 heavy (non-hydrogen) atoms. The first-order valence-electron chi connectivity index (χ1n) is 8.50. The minimum absolute atomic E-state index is 0.262. The molecule has 0 amide bonds. The average molecular weight is 339 g/mol. The highest BCUT2D eigenvalue weighted by Crippen LogP contribution is 2.39. The van der Waals surface area contributed by atoms with Crippen molar-refractivity contribution in [2.45, 2.75) is 31.8 Å². The van der Waals surface area contributed by atoms with Gasteiger partial charge in [-0.3, -0.25) is 9.58 Å². The van der Waals surface area contributed by atoms with Gasteiger partial charge in [0.25, 0.3) is 10.2 Å². The number of nitrogens with zero attached hydrogens (tertiary/aromatic N) is 5. The highest BCUT2D eigenvalue weighted by atomic mass is 32.2. The van der Waals surface area contributed by atoms with Crippen LogP contribution < -0.4 is 0 Å². The summed E-state index contributed by atoms with van der Waals surface area (Å²) in [5, 5.41) is 4.19. The van der Waals surface area contributed by atoms with E-state index in [2.05, 4.69) is 10.00 Å². The fourth-order valence-electron chi connectivity index (χ4n) is 4.21. The van der Waals surface area contributed by atoms with Gasteiger partial charge in [-0.05, 0) is 31.2 Å². The van der Waals surface area contributed by atoms with Gasteiger partial charge in [0.15, 0.2) is 0 Å². The van der Waals surface area contributed by atoms with E-state index < -0.39 is 10.2 Å². The molecule has 0 spiro atoms. The molecule has 3 aliphatic rings. The first kappa shape index (κ1) is 15.6. The van der Waals surface area contributed by atoms with Gasteiger partial charge < -0.3 is 0 Å². The van der Waals surface area contributed by atoms with Crippen LogP contribution in [0.5, 0.6) is 0 Å². The van der Waals surface area contributed by atoms with Crippen molar-refractivity contribution < 1.29 is 8.42 Å². The van der Waals surface area contributed by atoms with Crippen molar-refractivity contribution in [3.05, 3.63) is 18.0 Å². The van der Waals surface area contributed by atoms with Crippen molar-refractivity contribution in [2.75, 3.05) is 32.7 Å². The Hall–Kier alpha value is -0.960. The molecule has 4 rings (SSSR count). The molecule has 7 nitrogen and oxygen atoms in total. The standard InChI is InChI=1S/C15H25N5O2S/c1-17-15(4-5-16-17)12-18-6-8-19(9-7-18)23(21,22)20-11-13-2-3-14(20)10-13/h4-5,13-14H,2-3,6-12H2,1H3. The average Bonchev–Trinajstić information content (AvgIpc) is 3.26. The lowest BCUT2D eigenvalue weighted by Crippen LogP contribution is -2.54. The molecule has 3 fully saturated rings. The number of aromatic nitrogens is 2. The number of piperazine rings is 1. The fourth-order valence-corrected chi connectivity index (χ4v) is 6.10. The third-order valence-corrected chi connectivity index (χ3v) is 7.68. The Bertz CT molecular complexity index is 665. The second kappa shape index (κ2) is 5.84. The first-order chi connectivity index (χ1) is 11.0. The monoisotopic (exact) mass is 339 g/mol. The third-order valence-electron chi connectivity index (χ3n) is 5.62. The van der Waals surface area contributed by atoms with Crippen LogP contribution in [-0.2, 0) is 23.8 Å². The van der Waals surface area contributed by atoms with Crippen molar-refractivity contribution >= 4 is 10.2 Å². The highest BCUT2D eigenvalue weighted by Gasteiger charge is 2.46. The van der Waals surface area contributed by atoms with E-state index in [4.69, 9.17) is 0 Å². The van der Waals surface area contributed by atoms with E-state index in [0.717, 1.165) is 44.7 Å². The van der Waals surface area contributed by atoms with E-state index in [9.17, 15) is 8.42 Å². The first-order valence-corrected chi connectivity index (χ1v) is 9.90. The van der Waals surface area contributed by atoms with Crippen LogP contribution in [0.25, 0.3) is 0 Å². The predicted molar refractivity (Wildman–Crippen MR) is 86.8 cm³/mol. The van der Waals surface area contributed by atoms with Crippen molar-refractivity contribution in [2.24, 2.45) is 13.0 Å². The van der Waals surface area contributed by atoms with Crippen molar-refractivity contribution in [1.29, 1.82) is 0 Å². The zero-order valence-electron chi connectivity index (χ0n) is 13.6. The number of aryl methyl sites for hydroxylation is 1. The number of hydrogen-bond acceptors (Lipinski definition) is 4. The Kier molecular flexibility index (Phi) is 3.95. The second-order valence-electron chi connectivity index (χ2n) is 7.03. The van der Waals surface area contributed by atoms with Crippen molar-refractivity contribution in [3.8, 4) is 0 Å². The van der Waals surface area contributed by atoms with Crippen LogP contribution in [0.2, 0.25) is 0 Å². The number of fused-ring (bicyclic) bond motifs is 2. The lowest BCUT2D eigenvalue weighted by molar-refractivity contribution is 0.169. The Morgan fingerprint density at radius 1 is 1.22 bits per heavy atom. The summed E-state index contributed by atoms with van der Waals surface area (Å²) < 4.78 is 31.1. The summed E-state index contributed by atoms with van der Waals surface area (Å²) in [6.45, 7) is 4.32. The molecule has 2 bridgehead atoms. The lowest BCUT2D eigenvalue weighted by Gasteiger charge is -2.37. The van der Waals surface area contributed by atoms with Gasteiger partial charge in [-0.1, -0.05) is 0 Å². The normalized spacial score (nSPS) is 30.3. The SMILES string of the molecule is Cn1nccc1CN1CCN(S(=O)(=O)N2CC3CCC2C3)CC1. The van der Waals surface area contributed by atoms with E-state index >= 15 is 0 Å². The van der Waals surface area contributed by atoms with Crippen LogP contribution in [0.1, 0.15) is 25.0 Å². The minimum Gasteiger partial charge on any atom is -0.295 e. The molecule has 2 aliphatic heterocycles. The molecular weight excluding hydrogens is 314 g/mol. The molecule has 1 aromatic rings. The van der Waals surface area contributed by atoms with Crippen LogP contribution in [0.15, 0.2) is 12.3 Å². The maximum Gasteiger partial charge on any atom is 0.282 e. The topological polar surface area (TPSA) is 61.7 Å². The summed E-state index contributed by atoms with van der Waals surface area (Å²) >= 11 is 0. The largest absolute Gasteiger partial charge is 0.295 e. The number of piperidine rings is 1. The molecule has 1 aromatic heterocycles. The summed E-state index contributed by atoms with van der Waals surface area (Å²) in [7, 11) is -1.32. The van der Waals surface area contributed by atoms with Gasteiger partial charge in [0.1, 0.15) is 0 Å². The summed E-state index contributed by atoms with van der Waals surface area (Å²) in [5.74, 6) is 0.598. The Balaban J connectivity index is 1.36. The summed E-state index contributed by atoms with van der Waals surface area (Å²) in [6, 6.07) is 2.28. The molecule has 2 unspecified atom stereocenters. The summed E-state index contributed by atoms with van der Waals surface area (Å²) in [4.78, 5) is 2.30. The van der Waals surface area contributed by atoms with E-state index in [1.807, 2.05) is 17.8 Å². The number of rotatable bonds is 4. The fraction of sp³-hybridized carbons (Fsp3) is 0.800. The molecule has 0 aromatic carbocycles. The number of hydrogen-bond donors (Lipinski definition) is 0. The molecule has 1 saturated carbocycles. The third kappa shape index (κ3) is 2.82. The van der Waals surface area contributed by atoms with Gasteiger partial charge in [-0.25, -0.2) is 0 Å². The van der Waals surface area contributed by atoms with Crippen LogP contribution >= 0.6 is 0 Å². The van der Waals surface area contributed by atoms with E-state index in [0.29, 0.717) is 19.0 Å². The molecule has 2 saturated heterocycles. The Labute approximate surface area is 138 Å². The zero-order chi connectivity index (χ0) is 16.0. The predicted octanol–water partition coefficient (Wildman–Crippen LogP) is 0.267. The van der Waals surface area contributed by atoms with Gasteiger partial charge in [0.05, 0.1) is 5.69 Å². The van der Waals surface area contributed by atoms with E-state index in [1.54, 1.807) is 14.8 Å². The molecule has 8 heteroatoms. The lowest BCUT2D eigenvalue weighted by atomic mass is 10.1. The zero-order valence-corrected chi connectivity index (χ0v) is 14.5. The van der Waals surface area contributed by atoms with Crippen LogP contribution in [0.4, 0.5) is 0 Å². The van der Waals surface area contributed by atoms with Crippen LogP contribution in [-0.4, -0.2) is 70.5 Å². The highest BCUT2D eigenvalue weighted by molar-refractivity contribution is 7.86. The van der Waals surface area contributed by atoms with Crippen molar-refractivity contribution in [3.63, 3.8) is 0 Å². The van der Waals surface area contributed by atoms with E-state index in [1.165, 1.54) is 6.42 Å². The second-order valence-corrected chi connectivity index (χ2v) is 8.91. The molecule has 2 atom stereocenters. The maximum absolute atomic E-state index is 12.9. The molecule has 3 heterocycles. The maximum atomic E-state index is 12.9. The Morgan fingerprint density at radius 3 is 2.57 bits per heavy atom. The van der Waals surface area contributed by atoms with Gasteiger partial charge in [-0.2, -0.15) is 22.1 Å². The summed E-state index contributed by atoms with van der Waals surface area (Å²) in [5.41, 5.74) is 1.16. The van der Waals surface area contributed by atoms with Crippen molar-refractivity contribution in [1.82, 2.24) is 23.3 Å². The van der Waals surface area contributed by atoms with Gasteiger partial charge >= 0.3 is 0 Å².